The fourth-order valence-electron chi connectivity index (χ4n) is 2.86. The van der Waals surface area contributed by atoms with Crippen molar-refractivity contribution in [2.45, 2.75) is 25.2 Å². The summed E-state index contributed by atoms with van der Waals surface area (Å²) >= 11 is 6.87. The van der Waals surface area contributed by atoms with Crippen LogP contribution in [-0.2, 0) is 21.4 Å². The second kappa shape index (κ2) is 7.01. The van der Waals surface area contributed by atoms with Gasteiger partial charge in [-0.15, -0.1) is 0 Å². The highest BCUT2D eigenvalue weighted by Crippen LogP contribution is 2.41. The number of halogens is 2. The minimum Gasteiger partial charge on any atom is -0.480 e. The maximum Gasteiger partial charge on any atom is 0.331 e. The Morgan fingerprint density at radius 2 is 2.00 bits per heavy atom. The van der Waals surface area contributed by atoms with E-state index in [4.69, 9.17) is 0 Å². The number of hydrogen-bond donors (Lipinski definition) is 2. The minimum absolute atomic E-state index is 0.0638. The second-order valence-corrected chi connectivity index (χ2v) is 7.11. The highest BCUT2D eigenvalue weighted by Gasteiger charge is 2.43. The van der Waals surface area contributed by atoms with Gasteiger partial charge in [0, 0.05) is 21.8 Å². The third-order valence-electron chi connectivity index (χ3n) is 4.13. The largest absolute Gasteiger partial charge is 0.480 e. The Balaban J connectivity index is 2.67. The van der Waals surface area contributed by atoms with Crippen LogP contribution in [0.3, 0.4) is 0 Å². The first-order valence-electron chi connectivity index (χ1n) is 7.03. The van der Waals surface area contributed by atoms with Crippen molar-refractivity contribution in [2.75, 3.05) is 5.33 Å². The van der Waals surface area contributed by atoms with Gasteiger partial charge in [0.05, 0.1) is 0 Å². The molecule has 0 fully saturated rings. The summed E-state index contributed by atoms with van der Waals surface area (Å²) in [6, 6.07) is 5.41. The van der Waals surface area contributed by atoms with Crippen LogP contribution in [0.1, 0.15) is 24.5 Å². The van der Waals surface area contributed by atoms with E-state index >= 15 is 0 Å². The van der Waals surface area contributed by atoms with Crippen LogP contribution in [0, 0.1) is 0 Å². The van der Waals surface area contributed by atoms with Crippen LogP contribution in [0.4, 0.5) is 0 Å². The fraction of sp³-hybridized carbons (Fsp3) is 0.294. The van der Waals surface area contributed by atoms with E-state index in [2.05, 4.69) is 31.9 Å². The van der Waals surface area contributed by atoms with Gasteiger partial charge in [0.15, 0.2) is 0 Å². The Morgan fingerprint density at radius 3 is 2.57 bits per heavy atom. The molecule has 0 aromatic heterocycles. The maximum atomic E-state index is 12.1. The van der Waals surface area contributed by atoms with Crippen LogP contribution >= 0.6 is 31.9 Å². The average molecular weight is 444 g/mol. The van der Waals surface area contributed by atoms with Gasteiger partial charge in [0.25, 0.3) is 0 Å². The number of alkyl halides is 1. The molecule has 0 aliphatic heterocycles. The quantitative estimate of drug-likeness (QED) is 0.672. The van der Waals surface area contributed by atoms with E-state index < -0.39 is 17.4 Å². The highest BCUT2D eigenvalue weighted by molar-refractivity contribution is 9.10. The van der Waals surface area contributed by atoms with E-state index in [1.807, 2.05) is 6.07 Å². The van der Waals surface area contributed by atoms with Crippen molar-refractivity contribution in [1.29, 1.82) is 0 Å². The van der Waals surface area contributed by atoms with Gasteiger partial charge in [-0.2, -0.15) is 0 Å². The van der Waals surface area contributed by atoms with Crippen LogP contribution in [0.5, 0.6) is 0 Å². The Bertz CT molecular complexity index is 721. The monoisotopic (exact) mass is 442 g/mol. The molecule has 4 nitrogen and oxygen atoms in total. The Kier molecular flexibility index (Phi) is 5.47. The number of carbonyl (C=O) groups is 2. The first-order chi connectivity index (χ1) is 10.8. The van der Waals surface area contributed by atoms with Crippen LogP contribution in [0.2, 0.25) is 0 Å². The molecule has 0 saturated heterocycles. The molecule has 1 unspecified atom stereocenters. The molecule has 1 atom stereocenters. The van der Waals surface area contributed by atoms with Gasteiger partial charge in [-0.1, -0.05) is 56.1 Å². The molecule has 0 bridgehead atoms. The number of benzene rings is 1. The molecule has 0 radical (unpaired) electrons. The topological polar surface area (TPSA) is 74.6 Å². The number of allylic oxidation sites excluding steroid dienone is 2. The molecule has 122 valence electrons. The zero-order valence-electron chi connectivity index (χ0n) is 12.5. The molecule has 6 heteroatoms. The van der Waals surface area contributed by atoms with Crippen molar-refractivity contribution < 1.29 is 19.8 Å². The summed E-state index contributed by atoms with van der Waals surface area (Å²) in [6.07, 6.45) is 3.78. The molecule has 1 aliphatic carbocycles. The van der Waals surface area contributed by atoms with Crippen molar-refractivity contribution in [3.63, 3.8) is 0 Å². The lowest BCUT2D eigenvalue weighted by Crippen LogP contribution is -2.38. The fourth-order valence-corrected chi connectivity index (χ4v) is 3.82. The molecule has 0 saturated carbocycles. The molecule has 0 spiro atoms. The maximum absolute atomic E-state index is 12.1. The summed E-state index contributed by atoms with van der Waals surface area (Å²) in [5.41, 5.74) is 0.863. The van der Waals surface area contributed by atoms with Gasteiger partial charge in [-0.3, -0.25) is 4.79 Å². The number of rotatable bonds is 5. The molecule has 0 heterocycles. The van der Waals surface area contributed by atoms with Crippen molar-refractivity contribution >= 4 is 43.8 Å². The third-order valence-corrected chi connectivity index (χ3v) is 5.27. The van der Waals surface area contributed by atoms with E-state index in [-0.39, 0.29) is 12.0 Å². The highest BCUT2D eigenvalue weighted by atomic mass is 79.9. The molecule has 1 aliphatic rings. The van der Waals surface area contributed by atoms with E-state index in [1.54, 1.807) is 31.2 Å². The minimum atomic E-state index is -1.37. The summed E-state index contributed by atoms with van der Waals surface area (Å²) in [5.74, 6) is -2.12. The number of carboxylic acids is 2. The van der Waals surface area contributed by atoms with Crippen LogP contribution in [0.25, 0.3) is 0 Å². The molecule has 2 rings (SSSR count). The SMILES string of the molecule is CC1=C(C(=O)O)CC(C(=O)O)(c2cccc(Br)c2CCBr)C=C1. The molecule has 23 heavy (non-hydrogen) atoms. The summed E-state index contributed by atoms with van der Waals surface area (Å²) in [6.45, 7) is 1.69. The van der Waals surface area contributed by atoms with Gasteiger partial charge in [-0.05, 0) is 36.1 Å². The lowest BCUT2D eigenvalue weighted by molar-refractivity contribution is -0.142. The predicted molar refractivity (Wildman–Crippen MR) is 95.0 cm³/mol. The molecule has 1 aromatic carbocycles. The molecular weight excluding hydrogens is 428 g/mol. The smallest absolute Gasteiger partial charge is 0.331 e. The van der Waals surface area contributed by atoms with E-state index in [1.165, 1.54) is 0 Å². The summed E-state index contributed by atoms with van der Waals surface area (Å²) in [7, 11) is 0. The zero-order chi connectivity index (χ0) is 17.2. The summed E-state index contributed by atoms with van der Waals surface area (Å²) in [5, 5.41) is 20.0. The lowest BCUT2D eigenvalue weighted by Gasteiger charge is -2.32. The first kappa shape index (κ1) is 17.9. The Hall–Kier alpha value is -1.40. The normalized spacial score (nSPS) is 20.7. The number of carboxylic acid groups (broad SMARTS) is 2. The van der Waals surface area contributed by atoms with Crippen molar-refractivity contribution in [2.24, 2.45) is 0 Å². The van der Waals surface area contributed by atoms with Crippen LogP contribution < -0.4 is 0 Å². The Labute approximate surface area is 151 Å². The standard InChI is InChI=1S/C17H16Br2O4/c1-10-5-7-17(16(22)23,9-12(10)15(20)21)13-3-2-4-14(19)11(13)6-8-18/h2-5,7H,6,8-9H2,1H3,(H,20,21)(H,22,23). The van der Waals surface area contributed by atoms with Gasteiger partial charge in [-0.25, -0.2) is 4.79 Å². The van der Waals surface area contributed by atoms with Crippen molar-refractivity contribution in [1.82, 2.24) is 0 Å². The van der Waals surface area contributed by atoms with Crippen molar-refractivity contribution in [3.05, 3.63) is 57.1 Å². The Morgan fingerprint density at radius 1 is 1.30 bits per heavy atom. The first-order valence-corrected chi connectivity index (χ1v) is 8.94. The van der Waals surface area contributed by atoms with Gasteiger partial charge in [0.1, 0.15) is 5.41 Å². The molecule has 1 aromatic rings. The van der Waals surface area contributed by atoms with E-state index in [0.717, 1.165) is 10.0 Å². The van der Waals surface area contributed by atoms with Gasteiger partial charge in [0.2, 0.25) is 0 Å². The second-order valence-electron chi connectivity index (χ2n) is 5.46. The molecule has 0 amide bonds. The number of aliphatic carboxylic acids is 2. The molecular formula is C17H16Br2O4. The summed E-state index contributed by atoms with van der Waals surface area (Å²) < 4.78 is 0.826. The predicted octanol–water partition coefficient (Wildman–Crippen LogP) is 4.07. The van der Waals surface area contributed by atoms with Crippen LogP contribution in [-0.4, -0.2) is 27.5 Å². The van der Waals surface area contributed by atoms with Crippen molar-refractivity contribution in [3.8, 4) is 0 Å². The van der Waals surface area contributed by atoms with E-state index in [9.17, 15) is 19.8 Å². The number of hydrogen-bond acceptors (Lipinski definition) is 2. The average Bonchev–Trinajstić information content (AvgIpc) is 2.50. The third kappa shape index (κ3) is 3.28. The summed E-state index contributed by atoms with van der Waals surface area (Å²) in [4.78, 5) is 23.6. The molecule has 2 N–H and O–H groups in total. The van der Waals surface area contributed by atoms with Crippen LogP contribution in [0.15, 0.2) is 46.0 Å². The van der Waals surface area contributed by atoms with Gasteiger partial charge >= 0.3 is 11.9 Å². The van der Waals surface area contributed by atoms with E-state index in [0.29, 0.717) is 22.9 Å². The zero-order valence-corrected chi connectivity index (χ0v) is 15.6. The van der Waals surface area contributed by atoms with Gasteiger partial charge < -0.3 is 10.2 Å². The lowest BCUT2D eigenvalue weighted by atomic mass is 9.70.